The number of amides is 1. The molecule has 1 aliphatic rings. The predicted molar refractivity (Wildman–Crippen MR) is 123 cm³/mol. The number of benzene rings is 1. The van der Waals surface area contributed by atoms with E-state index >= 15 is 0 Å². The van der Waals surface area contributed by atoms with Crippen molar-refractivity contribution in [2.45, 2.75) is 10.9 Å². The van der Waals surface area contributed by atoms with E-state index in [2.05, 4.69) is 25.2 Å². The molecule has 0 spiro atoms. The lowest BCUT2D eigenvalue weighted by Crippen LogP contribution is -2.37. The second kappa shape index (κ2) is 9.37. The van der Waals surface area contributed by atoms with Gasteiger partial charge in [-0.2, -0.15) is 0 Å². The Hall–Kier alpha value is -3.43. The van der Waals surface area contributed by atoms with E-state index in [1.165, 1.54) is 11.8 Å². The molecule has 4 heterocycles. The molecular formula is C23H21N5O3S. The van der Waals surface area contributed by atoms with Gasteiger partial charge in [0.05, 0.1) is 18.9 Å². The second-order valence-corrected chi connectivity index (χ2v) is 8.10. The van der Waals surface area contributed by atoms with Gasteiger partial charge < -0.3 is 19.4 Å². The van der Waals surface area contributed by atoms with Gasteiger partial charge in [-0.25, -0.2) is 15.0 Å². The zero-order valence-electron chi connectivity index (χ0n) is 17.2. The molecule has 1 fully saturated rings. The van der Waals surface area contributed by atoms with Gasteiger partial charge in [0, 0.05) is 48.4 Å². The molecule has 1 aromatic carbocycles. The van der Waals surface area contributed by atoms with E-state index in [1.54, 1.807) is 24.7 Å². The lowest BCUT2D eigenvalue weighted by atomic mass is 10.1. The SMILES string of the molecule is O=C(Nc1cccnc1N1CCOCC1)c1oc2ccccc2c1CSc1ncccn1. The Morgan fingerprint density at radius 3 is 2.62 bits per heavy atom. The maximum Gasteiger partial charge on any atom is 0.291 e. The highest BCUT2D eigenvalue weighted by Gasteiger charge is 2.23. The average molecular weight is 448 g/mol. The van der Waals surface area contributed by atoms with E-state index < -0.39 is 0 Å². The molecule has 0 aliphatic carbocycles. The van der Waals surface area contributed by atoms with E-state index in [1.807, 2.05) is 36.4 Å². The van der Waals surface area contributed by atoms with Crippen molar-refractivity contribution in [1.29, 1.82) is 0 Å². The third-order valence-electron chi connectivity index (χ3n) is 5.14. The summed E-state index contributed by atoms with van der Waals surface area (Å²) >= 11 is 1.46. The van der Waals surface area contributed by atoms with Crippen LogP contribution in [0.5, 0.6) is 0 Å². The van der Waals surface area contributed by atoms with E-state index in [9.17, 15) is 4.79 Å². The molecule has 8 nitrogen and oxygen atoms in total. The first-order valence-electron chi connectivity index (χ1n) is 10.3. The molecule has 1 saturated heterocycles. The Morgan fingerprint density at radius 1 is 1.00 bits per heavy atom. The van der Waals surface area contributed by atoms with E-state index in [0.717, 1.165) is 29.9 Å². The molecule has 4 aromatic rings. The number of ether oxygens (including phenoxy) is 1. The molecule has 0 bridgehead atoms. The molecule has 3 aromatic heterocycles. The number of fused-ring (bicyclic) bond motifs is 1. The minimum Gasteiger partial charge on any atom is -0.451 e. The van der Waals surface area contributed by atoms with Crippen molar-refractivity contribution >= 4 is 40.1 Å². The predicted octanol–water partition coefficient (Wildman–Crippen LogP) is 4.00. The third kappa shape index (κ3) is 4.30. The van der Waals surface area contributed by atoms with Crippen LogP contribution in [0.15, 0.2) is 70.6 Å². The molecule has 1 N–H and O–H groups in total. The third-order valence-corrected chi connectivity index (χ3v) is 6.04. The van der Waals surface area contributed by atoms with Crippen LogP contribution in [0, 0.1) is 0 Å². The minimum atomic E-state index is -0.312. The maximum atomic E-state index is 13.3. The fourth-order valence-corrected chi connectivity index (χ4v) is 4.45. The molecule has 0 atom stereocenters. The van der Waals surface area contributed by atoms with Gasteiger partial charge in [-0.05, 0) is 24.3 Å². The molecular weight excluding hydrogens is 426 g/mol. The van der Waals surface area contributed by atoms with Crippen LogP contribution < -0.4 is 10.2 Å². The molecule has 0 saturated carbocycles. The van der Waals surface area contributed by atoms with Gasteiger partial charge in [0.2, 0.25) is 0 Å². The number of anilines is 2. The quantitative estimate of drug-likeness (QED) is 0.350. The van der Waals surface area contributed by atoms with Crippen molar-refractivity contribution in [2.75, 3.05) is 36.5 Å². The van der Waals surface area contributed by atoms with Gasteiger partial charge in [-0.15, -0.1) is 0 Å². The summed E-state index contributed by atoms with van der Waals surface area (Å²) in [5.74, 6) is 1.21. The van der Waals surface area contributed by atoms with Crippen LogP contribution in [0.1, 0.15) is 16.1 Å². The molecule has 0 unspecified atom stereocenters. The maximum absolute atomic E-state index is 13.3. The summed E-state index contributed by atoms with van der Waals surface area (Å²) in [7, 11) is 0. The van der Waals surface area contributed by atoms with Gasteiger partial charge >= 0.3 is 0 Å². The number of furan rings is 1. The van der Waals surface area contributed by atoms with E-state index in [0.29, 0.717) is 35.4 Å². The average Bonchev–Trinajstić information content (AvgIpc) is 3.23. The van der Waals surface area contributed by atoms with Gasteiger partial charge in [0.15, 0.2) is 16.7 Å². The first-order chi connectivity index (χ1) is 15.8. The number of nitrogens with zero attached hydrogens (tertiary/aromatic N) is 4. The molecule has 5 rings (SSSR count). The molecule has 0 radical (unpaired) electrons. The molecule has 1 aliphatic heterocycles. The van der Waals surface area contributed by atoms with Gasteiger partial charge in [-0.1, -0.05) is 30.0 Å². The van der Waals surface area contributed by atoms with Crippen molar-refractivity contribution in [3.8, 4) is 0 Å². The fraction of sp³-hybridized carbons (Fsp3) is 0.217. The largest absolute Gasteiger partial charge is 0.451 e. The smallest absolute Gasteiger partial charge is 0.291 e. The van der Waals surface area contributed by atoms with Gasteiger partial charge in [-0.3, -0.25) is 4.79 Å². The summed E-state index contributed by atoms with van der Waals surface area (Å²) in [6, 6.07) is 13.1. The Morgan fingerprint density at radius 2 is 1.78 bits per heavy atom. The number of para-hydroxylation sites is 1. The number of nitrogens with one attached hydrogen (secondary N) is 1. The zero-order chi connectivity index (χ0) is 21.8. The zero-order valence-corrected chi connectivity index (χ0v) is 18.0. The van der Waals surface area contributed by atoms with Gasteiger partial charge in [0.1, 0.15) is 5.58 Å². The van der Waals surface area contributed by atoms with E-state index in [4.69, 9.17) is 9.15 Å². The summed E-state index contributed by atoms with van der Waals surface area (Å²) in [5.41, 5.74) is 2.12. The Kier molecular flexibility index (Phi) is 6.00. The summed E-state index contributed by atoms with van der Waals surface area (Å²) in [5, 5.41) is 4.55. The summed E-state index contributed by atoms with van der Waals surface area (Å²) in [6.07, 6.45) is 5.13. The highest BCUT2D eigenvalue weighted by atomic mass is 32.2. The number of aromatic nitrogens is 3. The molecule has 32 heavy (non-hydrogen) atoms. The molecule has 9 heteroatoms. The lowest BCUT2D eigenvalue weighted by molar-refractivity contribution is 0.0997. The Labute approximate surface area is 189 Å². The summed E-state index contributed by atoms with van der Waals surface area (Å²) in [4.78, 5) is 28.5. The number of rotatable bonds is 6. The first kappa shape index (κ1) is 20.5. The van der Waals surface area contributed by atoms with Crippen LogP contribution in [0.2, 0.25) is 0 Å². The Bertz CT molecular complexity index is 1220. The van der Waals surface area contributed by atoms with Crippen LogP contribution in [0.25, 0.3) is 11.0 Å². The number of thioether (sulfide) groups is 1. The van der Waals surface area contributed by atoms with Crippen LogP contribution in [-0.4, -0.2) is 47.2 Å². The second-order valence-electron chi connectivity index (χ2n) is 7.15. The number of pyridine rings is 1. The van der Waals surface area contributed by atoms with Crippen LogP contribution in [0.4, 0.5) is 11.5 Å². The van der Waals surface area contributed by atoms with Crippen molar-refractivity contribution in [2.24, 2.45) is 0 Å². The first-order valence-corrected chi connectivity index (χ1v) is 11.3. The van der Waals surface area contributed by atoms with Crippen LogP contribution in [-0.2, 0) is 10.5 Å². The highest BCUT2D eigenvalue weighted by Crippen LogP contribution is 2.32. The Balaban J connectivity index is 1.44. The molecule has 1 amide bonds. The van der Waals surface area contributed by atoms with Crippen molar-refractivity contribution in [1.82, 2.24) is 15.0 Å². The summed E-state index contributed by atoms with van der Waals surface area (Å²) in [6.45, 7) is 2.72. The van der Waals surface area contributed by atoms with Crippen LogP contribution in [0.3, 0.4) is 0 Å². The lowest BCUT2D eigenvalue weighted by Gasteiger charge is -2.29. The number of carbonyl (C=O) groups excluding carboxylic acids is 1. The molecule has 162 valence electrons. The van der Waals surface area contributed by atoms with Gasteiger partial charge in [0.25, 0.3) is 5.91 Å². The topological polar surface area (TPSA) is 93.4 Å². The van der Waals surface area contributed by atoms with Crippen molar-refractivity contribution in [3.63, 3.8) is 0 Å². The highest BCUT2D eigenvalue weighted by molar-refractivity contribution is 7.98. The number of hydrogen-bond donors (Lipinski definition) is 1. The van der Waals surface area contributed by atoms with Crippen LogP contribution >= 0.6 is 11.8 Å². The van der Waals surface area contributed by atoms with E-state index in [-0.39, 0.29) is 11.7 Å². The van der Waals surface area contributed by atoms with Crippen molar-refractivity contribution < 1.29 is 13.9 Å². The number of morpholine rings is 1. The standard InChI is InChI=1S/C23H21N5O3S/c29-22(27-18-6-3-8-24-21(18)28-11-13-30-14-12-28)20-17(15-32-23-25-9-4-10-26-23)16-5-1-2-7-19(16)31-20/h1-10H,11-15H2,(H,27,29). The summed E-state index contributed by atoms with van der Waals surface area (Å²) < 4.78 is 11.4. The number of hydrogen-bond acceptors (Lipinski definition) is 8. The minimum absolute atomic E-state index is 0.284. The monoisotopic (exact) mass is 447 g/mol. The normalized spacial score (nSPS) is 13.9. The fourth-order valence-electron chi connectivity index (χ4n) is 3.62. The number of carbonyl (C=O) groups is 1. The van der Waals surface area contributed by atoms with Crippen molar-refractivity contribution in [3.05, 3.63) is 72.4 Å².